The third kappa shape index (κ3) is 3.93. The third-order valence-electron chi connectivity index (χ3n) is 2.77. The lowest BCUT2D eigenvalue weighted by molar-refractivity contribution is -0.112. The molecule has 1 N–H and O–H groups in total. The first-order chi connectivity index (χ1) is 9.54. The molecule has 106 valence electrons. The zero-order chi connectivity index (χ0) is 14.5. The number of hydrogen-bond acceptors (Lipinski definition) is 4. The van der Waals surface area contributed by atoms with E-state index in [-0.39, 0.29) is 5.78 Å². The molecular weight excluding hydrogens is 254 g/mol. The van der Waals surface area contributed by atoms with Crippen molar-refractivity contribution in [2.75, 3.05) is 27.2 Å². The summed E-state index contributed by atoms with van der Waals surface area (Å²) in [6, 6.07) is 3.89. The molecule has 2 heterocycles. The van der Waals surface area contributed by atoms with E-state index in [1.807, 2.05) is 26.2 Å². The van der Waals surface area contributed by atoms with Crippen LogP contribution in [0.3, 0.4) is 0 Å². The molecule has 5 nitrogen and oxygen atoms in total. The average molecular weight is 273 g/mol. The van der Waals surface area contributed by atoms with Crippen molar-refractivity contribution in [3.63, 3.8) is 0 Å². The van der Waals surface area contributed by atoms with Gasteiger partial charge < -0.3 is 14.6 Å². The minimum absolute atomic E-state index is 0.0179. The van der Waals surface area contributed by atoms with Gasteiger partial charge in [0.2, 0.25) is 0 Å². The number of aromatic amines is 1. The van der Waals surface area contributed by atoms with Crippen LogP contribution in [-0.4, -0.2) is 47.9 Å². The summed E-state index contributed by atoms with van der Waals surface area (Å²) in [4.78, 5) is 20.4. The molecule has 20 heavy (non-hydrogen) atoms. The van der Waals surface area contributed by atoms with E-state index in [1.165, 1.54) is 13.0 Å². The molecule has 0 aliphatic heterocycles. The SMILES string of the molecule is CC(=O)/C=C/c1cc2cc(OCCN(C)C)cnc2[nH]1. The lowest BCUT2D eigenvalue weighted by atomic mass is 10.3. The number of ether oxygens (including phenoxy) is 1. The number of carbonyl (C=O) groups is 1. The van der Waals surface area contributed by atoms with Gasteiger partial charge in [0.15, 0.2) is 5.78 Å². The number of fused-ring (bicyclic) bond motifs is 1. The minimum atomic E-state index is 0.0179. The maximum absolute atomic E-state index is 10.9. The zero-order valence-corrected chi connectivity index (χ0v) is 12.0. The highest BCUT2D eigenvalue weighted by Crippen LogP contribution is 2.19. The quantitative estimate of drug-likeness (QED) is 0.819. The predicted molar refractivity (Wildman–Crippen MR) is 79.9 cm³/mol. The van der Waals surface area contributed by atoms with Gasteiger partial charge in [-0.1, -0.05) is 0 Å². The number of H-pyrrole nitrogens is 1. The molecule has 2 rings (SSSR count). The van der Waals surface area contributed by atoms with Gasteiger partial charge in [-0.3, -0.25) is 4.79 Å². The summed E-state index contributed by atoms with van der Waals surface area (Å²) < 4.78 is 5.64. The van der Waals surface area contributed by atoms with Crippen LogP contribution in [0, 0.1) is 0 Å². The molecule has 0 aromatic carbocycles. The molecule has 0 radical (unpaired) electrons. The Morgan fingerprint density at radius 1 is 1.45 bits per heavy atom. The molecule has 2 aromatic rings. The van der Waals surface area contributed by atoms with E-state index in [0.29, 0.717) is 6.61 Å². The fraction of sp³-hybridized carbons (Fsp3) is 0.333. The second-order valence-electron chi connectivity index (χ2n) is 4.93. The second-order valence-corrected chi connectivity index (χ2v) is 4.93. The normalized spacial score (nSPS) is 11.6. The van der Waals surface area contributed by atoms with Crippen molar-refractivity contribution in [3.8, 4) is 5.75 Å². The van der Waals surface area contributed by atoms with Gasteiger partial charge in [-0.2, -0.15) is 0 Å². The Balaban J connectivity index is 2.11. The molecule has 0 bridgehead atoms. The first-order valence-electron chi connectivity index (χ1n) is 6.49. The maximum Gasteiger partial charge on any atom is 0.152 e. The van der Waals surface area contributed by atoms with Gasteiger partial charge in [-0.25, -0.2) is 4.98 Å². The monoisotopic (exact) mass is 273 g/mol. The summed E-state index contributed by atoms with van der Waals surface area (Å²) >= 11 is 0. The molecule has 0 atom stereocenters. The summed E-state index contributed by atoms with van der Waals surface area (Å²) in [5, 5.41) is 0.968. The summed E-state index contributed by atoms with van der Waals surface area (Å²) in [6.45, 7) is 3.01. The average Bonchev–Trinajstić information content (AvgIpc) is 2.78. The van der Waals surface area contributed by atoms with Gasteiger partial charge in [0.25, 0.3) is 0 Å². The standard InChI is InChI=1S/C15H19N3O2/c1-11(19)4-5-13-8-12-9-14(10-16-15(12)17-13)20-7-6-18(2)3/h4-5,8-10H,6-7H2,1-3H3,(H,16,17)/b5-4+. The molecule has 5 heteroatoms. The molecule has 0 unspecified atom stereocenters. The van der Waals surface area contributed by atoms with Crippen molar-refractivity contribution in [2.45, 2.75) is 6.92 Å². The summed E-state index contributed by atoms with van der Waals surface area (Å²) in [7, 11) is 4.01. The predicted octanol–water partition coefficient (Wildman–Crippen LogP) is 2.11. The topological polar surface area (TPSA) is 58.2 Å². The Kier molecular flexibility index (Phi) is 4.53. The van der Waals surface area contributed by atoms with Crippen molar-refractivity contribution in [1.29, 1.82) is 0 Å². The molecule has 0 spiro atoms. The number of rotatable bonds is 6. The van der Waals surface area contributed by atoms with Crippen LogP contribution < -0.4 is 4.74 Å². The number of aromatic nitrogens is 2. The third-order valence-corrected chi connectivity index (χ3v) is 2.77. The number of nitrogens with zero attached hydrogens (tertiary/aromatic N) is 2. The van der Waals surface area contributed by atoms with E-state index < -0.39 is 0 Å². The van der Waals surface area contributed by atoms with E-state index in [1.54, 1.807) is 12.3 Å². The fourth-order valence-corrected chi connectivity index (χ4v) is 1.74. The lowest BCUT2D eigenvalue weighted by Crippen LogP contribution is -2.19. The van der Waals surface area contributed by atoms with Crippen molar-refractivity contribution < 1.29 is 9.53 Å². The van der Waals surface area contributed by atoms with Crippen LogP contribution in [0.1, 0.15) is 12.6 Å². The van der Waals surface area contributed by atoms with Crippen molar-refractivity contribution in [3.05, 3.63) is 30.1 Å². The van der Waals surface area contributed by atoms with E-state index in [4.69, 9.17) is 4.74 Å². The number of hydrogen-bond donors (Lipinski definition) is 1. The van der Waals surface area contributed by atoms with Crippen LogP contribution in [0.5, 0.6) is 5.75 Å². The van der Waals surface area contributed by atoms with Crippen LogP contribution in [-0.2, 0) is 4.79 Å². The minimum Gasteiger partial charge on any atom is -0.491 e. The number of pyridine rings is 1. The zero-order valence-electron chi connectivity index (χ0n) is 12.0. The first-order valence-corrected chi connectivity index (χ1v) is 6.49. The Labute approximate surface area is 118 Å². The summed E-state index contributed by atoms with van der Waals surface area (Å²) in [5.41, 5.74) is 1.64. The molecule has 0 saturated carbocycles. The Hall–Kier alpha value is -2.14. The van der Waals surface area contributed by atoms with Crippen LogP contribution in [0.4, 0.5) is 0 Å². The highest BCUT2D eigenvalue weighted by atomic mass is 16.5. The van der Waals surface area contributed by atoms with Crippen molar-refractivity contribution >= 4 is 22.9 Å². The Bertz CT molecular complexity index is 629. The van der Waals surface area contributed by atoms with Crippen LogP contribution in [0.25, 0.3) is 17.1 Å². The van der Waals surface area contributed by atoms with Gasteiger partial charge in [-0.15, -0.1) is 0 Å². The summed E-state index contributed by atoms with van der Waals surface area (Å²) in [6.07, 6.45) is 4.97. The molecular formula is C15H19N3O2. The highest BCUT2D eigenvalue weighted by molar-refractivity contribution is 5.92. The van der Waals surface area contributed by atoms with Gasteiger partial charge in [0, 0.05) is 17.6 Å². The molecule has 0 aliphatic rings. The van der Waals surface area contributed by atoms with E-state index >= 15 is 0 Å². The summed E-state index contributed by atoms with van der Waals surface area (Å²) in [5.74, 6) is 0.768. The molecule has 0 amide bonds. The van der Waals surface area contributed by atoms with E-state index in [0.717, 1.165) is 29.0 Å². The first kappa shape index (κ1) is 14.3. The molecule has 0 fully saturated rings. The smallest absolute Gasteiger partial charge is 0.152 e. The Morgan fingerprint density at radius 2 is 2.25 bits per heavy atom. The van der Waals surface area contributed by atoms with Crippen LogP contribution >= 0.6 is 0 Å². The highest BCUT2D eigenvalue weighted by Gasteiger charge is 2.03. The van der Waals surface area contributed by atoms with Gasteiger partial charge in [0.05, 0.1) is 6.20 Å². The number of ketones is 1. The largest absolute Gasteiger partial charge is 0.491 e. The molecule has 2 aromatic heterocycles. The number of nitrogens with one attached hydrogen (secondary N) is 1. The van der Waals surface area contributed by atoms with Crippen LogP contribution in [0.2, 0.25) is 0 Å². The van der Waals surface area contributed by atoms with Gasteiger partial charge >= 0.3 is 0 Å². The van der Waals surface area contributed by atoms with Crippen LogP contribution in [0.15, 0.2) is 24.4 Å². The van der Waals surface area contributed by atoms with Crippen molar-refractivity contribution in [2.24, 2.45) is 0 Å². The second kappa shape index (κ2) is 6.34. The van der Waals surface area contributed by atoms with E-state index in [2.05, 4.69) is 14.9 Å². The van der Waals surface area contributed by atoms with Gasteiger partial charge in [-0.05, 0) is 45.3 Å². The van der Waals surface area contributed by atoms with Gasteiger partial charge in [0.1, 0.15) is 18.0 Å². The number of likely N-dealkylation sites (N-methyl/N-ethyl adjacent to an activating group) is 1. The van der Waals surface area contributed by atoms with Crippen molar-refractivity contribution in [1.82, 2.24) is 14.9 Å². The van der Waals surface area contributed by atoms with E-state index in [9.17, 15) is 4.79 Å². The molecule has 0 saturated heterocycles. The fourth-order valence-electron chi connectivity index (χ4n) is 1.74. The number of carbonyl (C=O) groups excluding carboxylic acids is 1. The number of allylic oxidation sites excluding steroid dienone is 1. The molecule has 0 aliphatic carbocycles. The lowest BCUT2D eigenvalue weighted by Gasteiger charge is -2.10. The maximum atomic E-state index is 10.9. The Morgan fingerprint density at radius 3 is 2.95 bits per heavy atom.